The van der Waals surface area contributed by atoms with Crippen LogP contribution >= 0.6 is 0 Å². The number of carbonyl (C=O) groups excluding carboxylic acids is 3. The summed E-state index contributed by atoms with van der Waals surface area (Å²) in [6.07, 6.45) is 7.81. The van der Waals surface area contributed by atoms with Crippen LogP contribution in [0.25, 0.3) is 0 Å². The second-order valence-electron chi connectivity index (χ2n) is 10.4. The molecule has 1 N–H and O–H groups in total. The van der Waals surface area contributed by atoms with Crippen LogP contribution in [-0.4, -0.2) is 24.2 Å². The Balaban J connectivity index is 1.13. The van der Waals surface area contributed by atoms with Gasteiger partial charge in [0.05, 0.1) is 5.56 Å². The fourth-order valence-electron chi connectivity index (χ4n) is 7.10. The van der Waals surface area contributed by atoms with Crippen LogP contribution in [0, 0.1) is 29.0 Å². The molecule has 1 amide bonds. The Bertz CT molecular complexity index is 904. The predicted octanol–water partition coefficient (Wildman–Crippen LogP) is 4.53. The Morgan fingerprint density at radius 2 is 1.77 bits per heavy atom. The minimum absolute atomic E-state index is 0.136. The number of rotatable bonds is 6. The highest BCUT2D eigenvalue weighted by Gasteiger charge is 2.54. The van der Waals surface area contributed by atoms with Gasteiger partial charge in [0.15, 0.2) is 5.78 Å². The molecule has 1 aromatic carbocycles. The number of fused-ring (bicyclic) bond motifs is 1. The lowest BCUT2D eigenvalue weighted by Gasteiger charge is -2.55. The van der Waals surface area contributed by atoms with E-state index in [0.29, 0.717) is 18.5 Å². The number of carbonyl (C=O) groups is 3. The zero-order valence-corrected chi connectivity index (χ0v) is 18.0. The summed E-state index contributed by atoms with van der Waals surface area (Å²) in [5.74, 6) is 1.17. The number of hydrogen-bond donors (Lipinski definition) is 1. The van der Waals surface area contributed by atoms with Gasteiger partial charge >= 0.3 is 5.97 Å². The molecule has 5 nitrogen and oxygen atoms in total. The first-order valence-corrected chi connectivity index (χ1v) is 11.7. The molecule has 1 aromatic rings. The van der Waals surface area contributed by atoms with Crippen molar-refractivity contribution in [2.24, 2.45) is 23.2 Å². The van der Waals surface area contributed by atoms with Crippen LogP contribution in [-0.2, 0) is 9.59 Å². The number of amides is 1. The molecule has 0 heterocycles. The van der Waals surface area contributed by atoms with Crippen LogP contribution in [0.15, 0.2) is 12.1 Å². The van der Waals surface area contributed by atoms with Crippen molar-refractivity contribution in [3.63, 3.8) is 0 Å². The first kappa shape index (κ1) is 20.7. The van der Waals surface area contributed by atoms with Crippen LogP contribution in [0.3, 0.4) is 0 Å². The molecule has 0 aliphatic heterocycles. The number of hydrogen-bond acceptors (Lipinski definition) is 4. The average Bonchev–Trinajstić information content (AvgIpc) is 3.01. The largest absolute Gasteiger partial charge is 0.426 e. The molecule has 1 unspecified atom stereocenters. The minimum atomic E-state index is -0.467. The van der Waals surface area contributed by atoms with Crippen LogP contribution in [0.5, 0.6) is 5.75 Å². The van der Waals surface area contributed by atoms with Gasteiger partial charge in [-0.15, -0.1) is 0 Å². The maximum atomic E-state index is 14.1. The second-order valence-corrected chi connectivity index (χ2v) is 10.4. The molecule has 0 spiro atoms. The van der Waals surface area contributed by atoms with E-state index in [1.165, 1.54) is 31.4 Å². The van der Waals surface area contributed by atoms with Crippen LogP contribution in [0.4, 0.5) is 4.39 Å². The topological polar surface area (TPSA) is 72.5 Å². The van der Waals surface area contributed by atoms with E-state index >= 15 is 0 Å². The van der Waals surface area contributed by atoms with E-state index in [4.69, 9.17) is 4.74 Å². The molecule has 4 fully saturated rings. The van der Waals surface area contributed by atoms with E-state index in [9.17, 15) is 18.8 Å². The molecule has 0 radical (unpaired) electrons. The third-order valence-corrected chi connectivity index (χ3v) is 8.00. The van der Waals surface area contributed by atoms with E-state index < -0.39 is 11.8 Å². The first-order valence-electron chi connectivity index (χ1n) is 11.7. The zero-order valence-electron chi connectivity index (χ0n) is 18.0. The highest BCUT2D eigenvalue weighted by Crippen LogP contribution is 2.60. The summed E-state index contributed by atoms with van der Waals surface area (Å²) in [7, 11) is 0. The molecule has 4 bridgehead atoms. The van der Waals surface area contributed by atoms with Crippen molar-refractivity contribution in [2.75, 3.05) is 6.54 Å². The standard InChI is InChI=1S/C25H30FNO4/c1-14-7-19(28)23-20(5-4-18(26)22(14)23)31-21(29)3-2-6-27-24(30)25-11-15-8-16(12-25)10-17(9-15)13-25/h4-5,14-17H,2-3,6-13H2,1H3,(H,27,30). The Morgan fingerprint density at radius 3 is 2.42 bits per heavy atom. The molecule has 5 aliphatic carbocycles. The molecule has 6 rings (SSSR count). The Hall–Kier alpha value is -2.24. The van der Waals surface area contributed by atoms with Gasteiger partial charge in [0.1, 0.15) is 11.6 Å². The smallest absolute Gasteiger partial charge is 0.311 e. The fourth-order valence-corrected chi connectivity index (χ4v) is 7.10. The molecule has 0 aromatic heterocycles. The molecular formula is C25H30FNO4. The highest BCUT2D eigenvalue weighted by molar-refractivity contribution is 6.04. The van der Waals surface area contributed by atoms with Gasteiger partial charge in [-0.2, -0.15) is 0 Å². The second kappa shape index (κ2) is 7.72. The van der Waals surface area contributed by atoms with Crippen molar-refractivity contribution in [3.8, 4) is 5.75 Å². The quantitative estimate of drug-likeness (QED) is 0.411. The number of halogens is 1. The number of Topliss-reactive ketones (excluding diaryl/α,β-unsaturated/α-hetero) is 1. The van der Waals surface area contributed by atoms with Gasteiger partial charge in [0.25, 0.3) is 0 Å². The van der Waals surface area contributed by atoms with E-state index in [1.54, 1.807) is 6.92 Å². The number of esters is 1. The molecule has 0 saturated heterocycles. The molecule has 166 valence electrons. The SMILES string of the molecule is CC1CC(=O)c2c(OC(=O)CCCNC(=O)C34CC5CC(CC(C5)C3)C4)ccc(F)c21. The summed E-state index contributed by atoms with van der Waals surface area (Å²) >= 11 is 0. The van der Waals surface area contributed by atoms with Gasteiger partial charge in [-0.25, -0.2) is 4.39 Å². The lowest BCUT2D eigenvalue weighted by molar-refractivity contribution is -0.146. The van der Waals surface area contributed by atoms with E-state index in [1.807, 2.05) is 0 Å². The summed E-state index contributed by atoms with van der Waals surface area (Å²) in [6, 6.07) is 2.61. The molecule has 6 heteroatoms. The van der Waals surface area contributed by atoms with Crippen molar-refractivity contribution in [1.82, 2.24) is 5.32 Å². The third-order valence-electron chi connectivity index (χ3n) is 8.00. The zero-order chi connectivity index (χ0) is 21.8. The van der Waals surface area contributed by atoms with Gasteiger partial charge in [-0.05, 0) is 80.8 Å². The van der Waals surface area contributed by atoms with Gasteiger partial charge in [0.2, 0.25) is 5.91 Å². The van der Waals surface area contributed by atoms with Gasteiger partial charge in [0, 0.05) is 30.4 Å². The normalized spacial score (nSPS) is 32.8. The Labute approximate surface area is 182 Å². The van der Waals surface area contributed by atoms with Crippen molar-refractivity contribution in [2.45, 2.75) is 70.6 Å². The van der Waals surface area contributed by atoms with Crippen molar-refractivity contribution in [1.29, 1.82) is 0 Å². The van der Waals surface area contributed by atoms with Gasteiger partial charge < -0.3 is 10.1 Å². The van der Waals surface area contributed by atoms with E-state index in [-0.39, 0.29) is 47.2 Å². The fraction of sp³-hybridized carbons (Fsp3) is 0.640. The molecule has 5 aliphatic rings. The maximum absolute atomic E-state index is 14.1. The Kier molecular flexibility index (Phi) is 5.14. The highest BCUT2D eigenvalue weighted by atomic mass is 19.1. The molecular weight excluding hydrogens is 397 g/mol. The molecule has 31 heavy (non-hydrogen) atoms. The lowest BCUT2D eigenvalue weighted by Crippen LogP contribution is -2.53. The van der Waals surface area contributed by atoms with Crippen LogP contribution in [0.1, 0.15) is 86.6 Å². The van der Waals surface area contributed by atoms with Crippen LogP contribution in [0.2, 0.25) is 0 Å². The summed E-state index contributed by atoms with van der Waals surface area (Å²) in [5.41, 5.74) is 0.371. The number of nitrogens with one attached hydrogen (secondary N) is 1. The average molecular weight is 428 g/mol. The van der Waals surface area contributed by atoms with E-state index in [2.05, 4.69) is 5.32 Å². The van der Waals surface area contributed by atoms with Crippen molar-refractivity contribution < 1.29 is 23.5 Å². The van der Waals surface area contributed by atoms with Gasteiger partial charge in [-0.1, -0.05) is 6.92 Å². The maximum Gasteiger partial charge on any atom is 0.311 e. The summed E-state index contributed by atoms with van der Waals surface area (Å²) in [4.78, 5) is 37.5. The molecule has 4 saturated carbocycles. The van der Waals surface area contributed by atoms with Gasteiger partial charge in [-0.3, -0.25) is 14.4 Å². The summed E-state index contributed by atoms with van der Waals surface area (Å²) < 4.78 is 19.5. The van der Waals surface area contributed by atoms with Crippen LogP contribution < -0.4 is 10.1 Å². The minimum Gasteiger partial charge on any atom is -0.426 e. The molecule has 1 atom stereocenters. The summed E-state index contributed by atoms with van der Waals surface area (Å²) in [6.45, 7) is 2.23. The number of benzene rings is 1. The predicted molar refractivity (Wildman–Crippen MR) is 112 cm³/mol. The Morgan fingerprint density at radius 1 is 1.13 bits per heavy atom. The number of ether oxygens (including phenoxy) is 1. The first-order chi connectivity index (χ1) is 14.8. The van der Waals surface area contributed by atoms with Crippen molar-refractivity contribution in [3.05, 3.63) is 29.1 Å². The monoisotopic (exact) mass is 427 g/mol. The van der Waals surface area contributed by atoms with Crippen molar-refractivity contribution >= 4 is 17.7 Å². The lowest BCUT2D eigenvalue weighted by atomic mass is 9.49. The number of ketones is 1. The van der Waals surface area contributed by atoms with E-state index in [0.717, 1.165) is 37.0 Å². The third kappa shape index (κ3) is 3.68. The summed E-state index contributed by atoms with van der Waals surface area (Å²) in [5, 5.41) is 3.07.